The molecule has 0 saturated heterocycles. The van der Waals surface area contributed by atoms with E-state index >= 15 is 0 Å². The van der Waals surface area contributed by atoms with Gasteiger partial charge in [-0.1, -0.05) is 13.8 Å². The summed E-state index contributed by atoms with van der Waals surface area (Å²) in [6.45, 7) is 3.96. The zero-order valence-corrected chi connectivity index (χ0v) is 17.1. The fourth-order valence-electron chi connectivity index (χ4n) is 2.44. The number of carbonyl (C=O) groups excluding carboxylic acids is 2. The second-order valence-electron chi connectivity index (χ2n) is 7.35. The molecule has 0 aromatic heterocycles. The maximum Gasteiger partial charge on any atom is 0.460 e. The zero-order chi connectivity index (χ0) is 26.8. The van der Waals surface area contributed by atoms with E-state index in [1.54, 1.807) is 0 Å². The number of halogens is 13. The zero-order valence-electron chi connectivity index (χ0n) is 17.1. The molecule has 3 nitrogen and oxygen atoms in total. The first kappa shape index (κ1) is 31.2. The minimum atomic E-state index is -7.98. The summed E-state index contributed by atoms with van der Waals surface area (Å²) in [6.07, 6.45) is -12.7. The lowest BCUT2D eigenvalue weighted by Gasteiger charge is -2.39. The average Bonchev–Trinajstić information content (AvgIpc) is 2.62. The summed E-state index contributed by atoms with van der Waals surface area (Å²) < 4.78 is 174. The molecule has 0 radical (unpaired) electrons. The standard InChI is InChI=1S/C17H19F13O3/c1-4-33-11(32)10(8(2)3)7-9(31)5-6-12(18,19)13(20,21)14(22,23)15(24,25)16(26,27)17(28,29)30/h8,10H,4-7H2,1-3H3/t10-/m1/s1. The fourth-order valence-corrected chi connectivity index (χ4v) is 2.44. The molecule has 0 rings (SSSR count). The van der Waals surface area contributed by atoms with E-state index in [0.717, 1.165) is 0 Å². The van der Waals surface area contributed by atoms with Gasteiger partial charge in [0.1, 0.15) is 5.78 Å². The highest BCUT2D eigenvalue weighted by molar-refractivity contribution is 5.84. The third-order valence-electron chi connectivity index (χ3n) is 4.56. The molecule has 0 saturated carbocycles. The van der Waals surface area contributed by atoms with Crippen molar-refractivity contribution in [2.75, 3.05) is 6.61 Å². The van der Waals surface area contributed by atoms with Crippen LogP contribution in [0.1, 0.15) is 40.0 Å². The maximum atomic E-state index is 13.7. The molecule has 0 amide bonds. The highest BCUT2D eigenvalue weighted by Gasteiger charge is 2.90. The Balaban J connectivity index is 5.75. The molecular weight excluding hydrogens is 499 g/mol. The van der Waals surface area contributed by atoms with Crippen LogP contribution in [-0.4, -0.2) is 54.1 Å². The van der Waals surface area contributed by atoms with Gasteiger partial charge in [-0.15, -0.1) is 0 Å². The van der Waals surface area contributed by atoms with Crippen molar-refractivity contribution in [3.8, 4) is 0 Å². The van der Waals surface area contributed by atoms with Gasteiger partial charge in [0.05, 0.1) is 12.5 Å². The van der Waals surface area contributed by atoms with E-state index in [2.05, 4.69) is 4.74 Å². The molecule has 0 spiro atoms. The summed E-state index contributed by atoms with van der Waals surface area (Å²) in [5.74, 6) is -41.8. The van der Waals surface area contributed by atoms with E-state index in [0.29, 0.717) is 0 Å². The first-order valence-corrected chi connectivity index (χ1v) is 9.06. The molecule has 196 valence electrons. The van der Waals surface area contributed by atoms with Gasteiger partial charge in [-0.05, 0) is 12.8 Å². The Hall–Kier alpha value is -1.77. The number of esters is 1. The van der Waals surface area contributed by atoms with Gasteiger partial charge in [-0.3, -0.25) is 9.59 Å². The van der Waals surface area contributed by atoms with Crippen LogP contribution >= 0.6 is 0 Å². The summed E-state index contributed by atoms with van der Waals surface area (Å²) in [4.78, 5) is 23.5. The Morgan fingerprint density at radius 1 is 0.727 bits per heavy atom. The van der Waals surface area contributed by atoms with E-state index < -0.39 is 78.6 Å². The molecule has 0 bridgehead atoms. The fraction of sp³-hybridized carbons (Fsp3) is 0.882. The van der Waals surface area contributed by atoms with Gasteiger partial charge in [0.25, 0.3) is 0 Å². The van der Waals surface area contributed by atoms with Crippen molar-refractivity contribution in [2.24, 2.45) is 11.8 Å². The average molecular weight is 518 g/mol. The highest BCUT2D eigenvalue weighted by Crippen LogP contribution is 2.60. The Morgan fingerprint density at radius 3 is 1.52 bits per heavy atom. The molecule has 1 atom stereocenters. The quantitative estimate of drug-likeness (QED) is 0.225. The van der Waals surface area contributed by atoms with Crippen molar-refractivity contribution in [3.63, 3.8) is 0 Å². The Labute approximate surface area is 178 Å². The molecule has 33 heavy (non-hydrogen) atoms. The van der Waals surface area contributed by atoms with Crippen molar-refractivity contribution in [2.45, 2.75) is 75.8 Å². The molecule has 0 aromatic rings. The van der Waals surface area contributed by atoms with Crippen molar-refractivity contribution < 1.29 is 71.4 Å². The summed E-state index contributed by atoms with van der Waals surface area (Å²) >= 11 is 0. The largest absolute Gasteiger partial charge is 0.466 e. The van der Waals surface area contributed by atoms with Crippen LogP contribution < -0.4 is 0 Å². The minimum Gasteiger partial charge on any atom is -0.466 e. The molecule has 0 aliphatic heterocycles. The van der Waals surface area contributed by atoms with Gasteiger partial charge in [0, 0.05) is 19.3 Å². The predicted molar refractivity (Wildman–Crippen MR) is 84.6 cm³/mol. The van der Waals surface area contributed by atoms with Crippen LogP contribution in [0.4, 0.5) is 57.1 Å². The lowest BCUT2D eigenvalue weighted by atomic mass is 9.88. The number of ketones is 1. The number of Topliss-reactive ketones (excluding diaryl/α,β-unsaturated/α-hetero) is 1. The van der Waals surface area contributed by atoms with Gasteiger partial charge in [-0.25, -0.2) is 0 Å². The Kier molecular flexibility index (Phi) is 9.31. The van der Waals surface area contributed by atoms with E-state index in [-0.39, 0.29) is 6.61 Å². The van der Waals surface area contributed by atoms with Gasteiger partial charge in [0.2, 0.25) is 0 Å². The predicted octanol–water partition coefficient (Wildman–Crippen LogP) is 6.30. The van der Waals surface area contributed by atoms with E-state index in [4.69, 9.17) is 0 Å². The number of ether oxygens (including phenoxy) is 1. The second-order valence-corrected chi connectivity index (χ2v) is 7.35. The van der Waals surface area contributed by atoms with Crippen molar-refractivity contribution >= 4 is 11.8 Å². The molecule has 0 aliphatic rings. The van der Waals surface area contributed by atoms with Crippen LogP contribution in [0.25, 0.3) is 0 Å². The SMILES string of the molecule is CCOC(=O)[C@H](CC(=O)CCC(F)(F)C(F)(F)C(F)(F)C(F)(F)C(F)(F)C(F)(F)F)C(C)C. The monoisotopic (exact) mass is 518 g/mol. The minimum absolute atomic E-state index is 0.160. The molecule has 0 N–H and O–H groups in total. The molecule has 0 unspecified atom stereocenters. The molecular formula is C17H19F13O3. The number of hydrogen-bond donors (Lipinski definition) is 0. The van der Waals surface area contributed by atoms with Crippen LogP contribution in [0.5, 0.6) is 0 Å². The summed E-state index contributed by atoms with van der Waals surface area (Å²) in [5, 5.41) is 0. The van der Waals surface area contributed by atoms with Gasteiger partial charge in [-0.2, -0.15) is 57.1 Å². The Bertz CT molecular complexity index is 699. The lowest BCUT2D eigenvalue weighted by molar-refractivity contribution is -0.440. The first-order chi connectivity index (χ1) is 14.4. The molecule has 0 fully saturated rings. The maximum absolute atomic E-state index is 13.7. The van der Waals surface area contributed by atoms with Crippen molar-refractivity contribution in [1.29, 1.82) is 0 Å². The van der Waals surface area contributed by atoms with Gasteiger partial charge >= 0.3 is 41.8 Å². The van der Waals surface area contributed by atoms with E-state index in [1.165, 1.54) is 20.8 Å². The number of alkyl halides is 13. The third kappa shape index (κ3) is 5.84. The summed E-state index contributed by atoms with van der Waals surface area (Å²) in [5.41, 5.74) is 0. The first-order valence-electron chi connectivity index (χ1n) is 9.06. The van der Waals surface area contributed by atoms with Crippen LogP contribution in [-0.2, 0) is 14.3 Å². The topological polar surface area (TPSA) is 43.4 Å². The number of rotatable bonds is 12. The van der Waals surface area contributed by atoms with Gasteiger partial charge in [0.15, 0.2) is 0 Å². The van der Waals surface area contributed by atoms with Crippen LogP contribution in [0.15, 0.2) is 0 Å². The second kappa shape index (κ2) is 9.84. The van der Waals surface area contributed by atoms with Crippen LogP contribution in [0, 0.1) is 11.8 Å². The highest BCUT2D eigenvalue weighted by atomic mass is 19.4. The van der Waals surface area contributed by atoms with Crippen molar-refractivity contribution in [1.82, 2.24) is 0 Å². The third-order valence-corrected chi connectivity index (χ3v) is 4.56. The number of carbonyl (C=O) groups is 2. The molecule has 0 aromatic carbocycles. The molecule has 0 aliphatic carbocycles. The molecule has 0 heterocycles. The summed E-state index contributed by atoms with van der Waals surface area (Å²) in [7, 11) is 0. The molecule has 16 heteroatoms. The van der Waals surface area contributed by atoms with Crippen molar-refractivity contribution in [3.05, 3.63) is 0 Å². The van der Waals surface area contributed by atoms with Crippen LogP contribution in [0.2, 0.25) is 0 Å². The number of hydrogen-bond acceptors (Lipinski definition) is 3. The summed E-state index contributed by atoms with van der Waals surface area (Å²) in [6, 6.07) is 0. The Morgan fingerprint density at radius 2 is 1.15 bits per heavy atom. The smallest absolute Gasteiger partial charge is 0.460 e. The van der Waals surface area contributed by atoms with Crippen LogP contribution in [0.3, 0.4) is 0 Å². The van der Waals surface area contributed by atoms with E-state index in [1.807, 2.05) is 0 Å². The van der Waals surface area contributed by atoms with Gasteiger partial charge < -0.3 is 4.74 Å². The lowest BCUT2D eigenvalue weighted by Crippen LogP contribution is -2.70. The van der Waals surface area contributed by atoms with E-state index in [9.17, 15) is 66.7 Å². The normalized spacial score (nSPS) is 15.5.